The fourth-order valence-corrected chi connectivity index (χ4v) is 7.67. The second kappa shape index (κ2) is 13.4. The molecule has 37 heavy (non-hydrogen) atoms. The third kappa shape index (κ3) is 9.14. The number of benzene rings is 1. The molecule has 0 unspecified atom stereocenters. The number of guanidine groups is 2. The van der Waals surface area contributed by atoms with Crippen molar-refractivity contribution in [3.8, 4) is 0 Å². The Morgan fingerprint density at radius 3 is 2.51 bits per heavy atom. The molecule has 1 aliphatic carbocycles. The predicted octanol–water partition coefficient (Wildman–Crippen LogP) is 1.45. The lowest BCUT2D eigenvalue weighted by atomic mass is 9.96. The summed E-state index contributed by atoms with van der Waals surface area (Å²) < 4.78 is 56.6. The van der Waals surface area contributed by atoms with Crippen LogP contribution in [0.25, 0.3) is 0 Å². The van der Waals surface area contributed by atoms with Gasteiger partial charge in [0.25, 0.3) is 10.0 Å². The molecule has 204 valence electrons. The van der Waals surface area contributed by atoms with Crippen LogP contribution in [0.2, 0.25) is 0 Å². The summed E-state index contributed by atoms with van der Waals surface area (Å²) in [4.78, 5) is 11.9. The van der Waals surface area contributed by atoms with Crippen molar-refractivity contribution < 1.29 is 16.8 Å². The Morgan fingerprint density at radius 2 is 1.84 bits per heavy atom. The van der Waals surface area contributed by atoms with Crippen molar-refractivity contribution in [1.29, 1.82) is 0 Å². The van der Waals surface area contributed by atoms with Crippen LogP contribution in [0, 0.1) is 0 Å². The lowest BCUT2D eigenvalue weighted by molar-refractivity contribution is 0.412. The second-order valence-electron chi connectivity index (χ2n) is 8.25. The van der Waals surface area contributed by atoms with Crippen LogP contribution >= 0.6 is 23.1 Å². The SMILES string of the molecule is CN=C(NCCSCc1csc(N=C(N)N)n1)NS(=O)(=O)c1cccc(S(=O)(=O)NC2CCCCC2)c1. The zero-order valence-corrected chi connectivity index (χ0v) is 23.6. The molecule has 7 N–H and O–H groups in total. The Morgan fingerprint density at radius 1 is 1.14 bits per heavy atom. The summed E-state index contributed by atoms with van der Waals surface area (Å²) in [5, 5.41) is 5.31. The number of thioether (sulfide) groups is 1. The van der Waals surface area contributed by atoms with Gasteiger partial charge in [0.15, 0.2) is 5.96 Å². The molecule has 1 aromatic carbocycles. The highest BCUT2D eigenvalue weighted by molar-refractivity contribution is 7.98. The molecule has 1 heterocycles. The van der Waals surface area contributed by atoms with E-state index in [1.54, 1.807) is 11.8 Å². The number of nitrogens with two attached hydrogens (primary N) is 2. The van der Waals surface area contributed by atoms with Crippen molar-refractivity contribution in [2.75, 3.05) is 19.3 Å². The van der Waals surface area contributed by atoms with E-state index < -0.39 is 20.0 Å². The third-order valence-electron chi connectivity index (χ3n) is 5.36. The summed E-state index contributed by atoms with van der Waals surface area (Å²) >= 11 is 2.93. The van der Waals surface area contributed by atoms with Gasteiger partial charge >= 0.3 is 0 Å². The first kappa shape index (κ1) is 29.2. The van der Waals surface area contributed by atoms with Crippen LogP contribution in [0.5, 0.6) is 0 Å². The first-order valence-corrected chi connectivity index (χ1v) is 16.6. The normalized spacial score (nSPS) is 15.3. The zero-order chi connectivity index (χ0) is 26.9. The molecular formula is C21H32N8O4S4. The largest absolute Gasteiger partial charge is 0.370 e. The standard InChI is InChI=1S/C21H32N8O4S4/c1-24-20(25-10-11-34-13-16-14-35-21(26-16)27-19(22)23)29-37(32,33)18-9-5-8-17(12-18)36(30,31)28-15-6-3-2-4-7-15/h5,8-9,12,14-15,28H,2-4,6-7,10-11,13H2,1H3,(H2,24,25,29)(H4,22,23,26,27). The molecule has 0 amide bonds. The molecule has 1 fully saturated rings. The average molecular weight is 589 g/mol. The summed E-state index contributed by atoms with van der Waals surface area (Å²) in [6.45, 7) is 0.435. The summed E-state index contributed by atoms with van der Waals surface area (Å²) in [5.41, 5.74) is 11.5. The number of hydrogen-bond acceptors (Lipinski definition) is 9. The molecule has 2 aromatic rings. The summed E-state index contributed by atoms with van der Waals surface area (Å²) in [7, 11) is -6.45. The molecule has 1 aliphatic rings. The van der Waals surface area contributed by atoms with Gasteiger partial charge in [-0.1, -0.05) is 25.3 Å². The van der Waals surface area contributed by atoms with Crippen LogP contribution in [-0.4, -0.2) is 59.1 Å². The van der Waals surface area contributed by atoms with E-state index in [2.05, 4.69) is 29.7 Å². The lowest BCUT2D eigenvalue weighted by Crippen LogP contribution is -2.41. The molecule has 12 nitrogen and oxygen atoms in total. The maximum absolute atomic E-state index is 12.9. The number of sulfonamides is 2. The van der Waals surface area contributed by atoms with Crippen LogP contribution in [0.4, 0.5) is 5.13 Å². The Hall–Kier alpha value is -2.40. The van der Waals surface area contributed by atoms with Gasteiger partial charge in [-0.05, 0) is 31.0 Å². The Labute approximate surface area is 225 Å². The number of hydrogen-bond donors (Lipinski definition) is 5. The van der Waals surface area contributed by atoms with Crippen molar-refractivity contribution in [3.05, 3.63) is 35.3 Å². The van der Waals surface area contributed by atoms with E-state index in [9.17, 15) is 16.8 Å². The quantitative estimate of drug-likeness (QED) is 0.147. The van der Waals surface area contributed by atoms with Gasteiger partial charge in [-0.25, -0.2) is 31.3 Å². The highest BCUT2D eigenvalue weighted by atomic mass is 32.2. The van der Waals surface area contributed by atoms with Gasteiger partial charge in [0.2, 0.25) is 21.1 Å². The van der Waals surface area contributed by atoms with Gasteiger partial charge in [-0.3, -0.25) is 4.99 Å². The molecule has 0 atom stereocenters. The first-order valence-electron chi connectivity index (χ1n) is 11.6. The van der Waals surface area contributed by atoms with Crippen molar-refractivity contribution in [2.45, 2.75) is 53.7 Å². The fourth-order valence-electron chi connectivity index (χ4n) is 3.61. The van der Waals surface area contributed by atoms with Gasteiger partial charge in [0, 0.05) is 36.5 Å². The maximum atomic E-state index is 12.9. The molecule has 0 bridgehead atoms. The minimum atomic E-state index is -4.06. The minimum Gasteiger partial charge on any atom is -0.370 e. The zero-order valence-electron chi connectivity index (χ0n) is 20.4. The molecule has 1 aromatic heterocycles. The van der Waals surface area contributed by atoms with Crippen LogP contribution in [0.3, 0.4) is 0 Å². The van der Waals surface area contributed by atoms with Crippen LogP contribution in [-0.2, 0) is 25.8 Å². The number of aromatic nitrogens is 1. The highest BCUT2D eigenvalue weighted by Crippen LogP contribution is 2.22. The summed E-state index contributed by atoms with van der Waals surface area (Å²) in [6, 6.07) is 5.16. The molecule has 0 saturated heterocycles. The Bertz CT molecular complexity index is 1320. The van der Waals surface area contributed by atoms with Gasteiger partial charge < -0.3 is 16.8 Å². The van der Waals surface area contributed by atoms with E-state index in [0.29, 0.717) is 23.2 Å². The van der Waals surface area contributed by atoms with Crippen molar-refractivity contribution >= 4 is 60.2 Å². The maximum Gasteiger partial charge on any atom is 0.264 e. The third-order valence-corrected chi connectivity index (χ3v) is 9.99. The van der Waals surface area contributed by atoms with E-state index in [4.69, 9.17) is 11.5 Å². The Kier molecular flexibility index (Phi) is 10.6. The van der Waals surface area contributed by atoms with Gasteiger partial charge in [0.1, 0.15) is 0 Å². The predicted molar refractivity (Wildman–Crippen MR) is 149 cm³/mol. The summed E-state index contributed by atoms with van der Waals surface area (Å²) in [5.74, 6) is 1.30. The number of thiazole rings is 1. The molecule has 16 heteroatoms. The van der Waals surface area contributed by atoms with Crippen LogP contribution < -0.4 is 26.2 Å². The Balaban J connectivity index is 1.52. The van der Waals surface area contributed by atoms with E-state index in [0.717, 1.165) is 43.9 Å². The second-order valence-corrected chi connectivity index (χ2v) is 13.6. The van der Waals surface area contributed by atoms with Crippen molar-refractivity contribution in [1.82, 2.24) is 19.7 Å². The van der Waals surface area contributed by atoms with E-state index in [1.807, 2.05) is 5.38 Å². The number of nitrogens with one attached hydrogen (secondary N) is 3. The van der Waals surface area contributed by atoms with E-state index in [-0.39, 0.29) is 27.8 Å². The molecule has 0 spiro atoms. The molecular weight excluding hydrogens is 557 g/mol. The smallest absolute Gasteiger partial charge is 0.264 e. The lowest BCUT2D eigenvalue weighted by Gasteiger charge is -2.22. The minimum absolute atomic E-state index is 0.0453. The van der Waals surface area contributed by atoms with Gasteiger partial charge in [-0.15, -0.1) is 11.3 Å². The van der Waals surface area contributed by atoms with E-state index in [1.165, 1.54) is 36.6 Å². The van der Waals surface area contributed by atoms with Gasteiger partial charge in [0.05, 0.1) is 15.5 Å². The molecule has 0 aliphatic heterocycles. The van der Waals surface area contributed by atoms with Gasteiger partial charge in [-0.2, -0.15) is 16.8 Å². The fraction of sp³-hybridized carbons (Fsp3) is 0.476. The summed E-state index contributed by atoms with van der Waals surface area (Å²) in [6.07, 6.45) is 4.60. The number of aliphatic imine (C=N–C) groups is 2. The van der Waals surface area contributed by atoms with Crippen LogP contribution in [0.1, 0.15) is 37.8 Å². The number of rotatable bonds is 11. The topological polar surface area (TPSA) is 194 Å². The van der Waals surface area contributed by atoms with Crippen molar-refractivity contribution in [2.24, 2.45) is 21.5 Å². The first-order chi connectivity index (χ1) is 17.6. The number of nitrogens with zero attached hydrogens (tertiary/aromatic N) is 3. The average Bonchev–Trinajstić information content (AvgIpc) is 3.30. The molecule has 1 saturated carbocycles. The molecule has 0 radical (unpaired) electrons. The van der Waals surface area contributed by atoms with E-state index >= 15 is 0 Å². The monoisotopic (exact) mass is 588 g/mol. The molecule has 3 rings (SSSR count). The van der Waals surface area contributed by atoms with Crippen LogP contribution in [0.15, 0.2) is 49.4 Å². The highest BCUT2D eigenvalue weighted by Gasteiger charge is 2.24. The van der Waals surface area contributed by atoms with Crippen molar-refractivity contribution in [3.63, 3.8) is 0 Å².